The van der Waals surface area contributed by atoms with Crippen LogP contribution in [0.15, 0.2) is 48.5 Å². The van der Waals surface area contributed by atoms with Gasteiger partial charge in [0.1, 0.15) is 5.75 Å². The van der Waals surface area contributed by atoms with Crippen molar-refractivity contribution in [2.75, 3.05) is 13.1 Å². The number of carboxylic acid groups (broad SMARTS) is 2. The molecule has 1 atom stereocenters. The van der Waals surface area contributed by atoms with Crippen LogP contribution in [0.4, 0.5) is 0 Å². The SMILES string of the molecule is CC(=O)Oc1ccccc1CCCCCCNCC(O)c1ccccc1Cl.O=C(O)C(=O)O. The number of para-hydroxylation sites is 1. The number of hydrogen-bond acceptors (Lipinski definition) is 6. The fraction of sp³-hybridized carbons (Fsp3) is 0.375. The smallest absolute Gasteiger partial charge is 0.414 e. The fourth-order valence-corrected chi connectivity index (χ4v) is 3.24. The highest BCUT2D eigenvalue weighted by molar-refractivity contribution is 6.31. The Morgan fingerprint density at radius 3 is 2.18 bits per heavy atom. The van der Waals surface area contributed by atoms with E-state index >= 15 is 0 Å². The Morgan fingerprint density at radius 2 is 1.55 bits per heavy atom. The molecule has 0 saturated carbocycles. The summed E-state index contributed by atoms with van der Waals surface area (Å²) in [5.41, 5.74) is 1.84. The number of aliphatic hydroxyl groups excluding tert-OH is 1. The van der Waals surface area contributed by atoms with Crippen LogP contribution in [0.3, 0.4) is 0 Å². The number of rotatable bonds is 11. The van der Waals surface area contributed by atoms with Gasteiger partial charge in [-0.15, -0.1) is 0 Å². The first-order valence-corrected chi connectivity index (χ1v) is 11.0. The summed E-state index contributed by atoms with van der Waals surface area (Å²) in [6.45, 7) is 2.79. The molecule has 0 saturated heterocycles. The van der Waals surface area contributed by atoms with Gasteiger partial charge in [0.25, 0.3) is 0 Å². The van der Waals surface area contributed by atoms with Crippen LogP contribution in [0.2, 0.25) is 5.02 Å². The third kappa shape index (κ3) is 12.0. The number of nitrogens with one attached hydrogen (secondary N) is 1. The summed E-state index contributed by atoms with van der Waals surface area (Å²) < 4.78 is 5.24. The molecule has 0 heterocycles. The number of carbonyl (C=O) groups excluding carboxylic acids is 1. The number of benzene rings is 2. The third-order valence-corrected chi connectivity index (χ3v) is 4.91. The van der Waals surface area contributed by atoms with E-state index < -0.39 is 18.0 Å². The molecule has 0 radical (unpaired) electrons. The minimum Gasteiger partial charge on any atom is -0.473 e. The maximum atomic E-state index is 11.1. The molecule has 0 aliphatic carbocycles. The Balaban J connectivity index is 0.000000801. The monoisotopic (exact) mass is 479 g/mol. The molecule has 1 unspecified atom stereocenters. The van der Waals surface area contributed by atoms with Crippen molar-refractivity contribution in [1.29, 1.82) is 0 Å². The van der Waals surface area contributed by atoms with Crippen LogP contribution in [0, 0.1) is 0 Å². The third-order valence-electron chi connectivity index (χ3n) is 4.56. The lowest BCUT2D eigenvalue weighted by atomic mass is 10.1. The minimum atomic E-state index is -1.82. The first kappa shape index (κ1) is 28.1. The maximum absolute atomic E-state index is 11.1. The van der Waals surface area contributed by atoms with Crippen LogP contribution >= 0.6 is 11.6 Å². The molecule has 0 bridgehead atoms. The Kier molecular flexibility index (Phi) is 13.4. The number of aliphatic carboxylic acids is 2. The normalized spacial score (nSPS) is 11.1. The predicted octanol–water partition coefficient (Wildman–Crippen LogP) is 3.85. The van der Waals surface area contributed by atoms with Crippen LogP contribution in [-0.2, 0) is 20.8 Å². The maximum Gasteiger partial charge on any atom is 0.414 e. The zero-order chi connectivity index (χ0) is 24.6. The lowest BCUT2D eigenvalue weighted by Crippen LogP contribution is -2.22. The van der Waals surface area contributed by atoms with Gasteiger partial charge in [0.05, 0.1) is 6.10 Å². The second-order valence-electron chi connectivity index (χ2n) is 7.22. The summed E-state index contributed by atoms with van der Waals surface area (Å²) in [4.78, 5) is 29.3. The molecule has 4 N–H and O–H groups in total. The van der Waals surface area contributed by atoms with E-state index in [0.29, 0.717) is 17.3 Å². The summed E-state index contributed by atoms with van der Waals surface area (Å²) in [5, 5.41) is 28.8. The Hall–Kier alpha value is -2.94. The predicted molar refractivity (Wildman–Crippen MR) is 124 cm³/mol. The van der Waals surface area contributed by atoms with Gasteiger partial charge in [-0.25, -0.2) is 9.59 Å². The molecule has 8 nitrogen and oxygen atoms in total. The number of ether oxygens (including phenoxy) is 1. The van der Waals surface area contributed by atoms with E-state index in [-0.39, 0.29) is 5.97 Å². The van der Waals surface area contributed by atoms with E-state index in [1.165, 1.54) is 6.92 Å². The minimum absolute atomic E-state index is 0.285. The number of carbonyl (C=O) groups is 3. The molecule has 2 rings (SSSR count). The lowest BCUT2D eigenvalue weighted by Gasteiger charge is -2.13. The zero-order valence-electron chi connectivity index (χ0n) is 18.5. The van der Waals surface area contributed by atoms with Gasteiger partial charge in [-0.2, -0.15) is 0 Å². The Bertz CT molecular complexity index is 892. The zero-order valence-corrected chi connectivity index (χ0v) is 19.3. The molecule has 0 spiro atoms. The van der Waals surface area contributed by atoms with E-state index in [9.17, 15) is 9.90 Å². The average Bonchev–Trinajstić information content (AvgIpc) is 2.76. The van der Waals surface area contributed by atoms with E-state index in [0.717, 1.165) is 49.8 Å². The molecule has 0 aromatic heterocycles. The lowest BCUT2D eigenvalue weighted by molar-refractivity contribution is -0.159. The molecular formula is C24H30ClNO7. The summed E-state index contributed by atoms with van der Waals surface area (Å²) in [6.07, 6.45) is 4.66. The van der Waals surface area contributed by atoms with Crippen molar-refractivity contribution in [1.82, 2.24) is 5.32 Å². The van der Waals surface area contributed by atoms with Gasteiger partial charge in [0.2, 0.25) is 0 Å². The van der Waals surface area contributed by atoms with Crippen LogP contribution in [-0.4, -0.2) is 46.3 Å². The highest BCUT2D eigenvalue weighted by Gasteiger charge is 2.10. The second kappa shape index (κ2) is 15.8. The van der Waals surface area contributed by atoms with Gasteiger partial charge in [0, 0.05) is 24.1 Å². The average molecular weight is 480 g/mol. The number of aliphatic hydroxyl groups is 1. The number of carboxylic acids is 2. The largest absolute Gasteiger partial charge is 0.473 e. The summed E-state index contributed by atoms with van der Waals surface area (Å²) >= 11 is 6.09. The van der Waals surface area contributed by atoms with Gasteiger partial charge in [-0.1, -0.05) is 60.8 Å². The van der Waals surface area contributed by atoms with E-state index in [2.05, 4.69) is 5.32 Å². The van der Waals surface area contributed by atoms with Crippen molar-refractivity contribution in [3.05, 3.63) is 64.7 Å². The van der Waals surface area contributed by atoms with Gasteiger partial charge in [-0.05, 0) is 43.5 Å². The molecule has 0 aliphatic rings. The van der Waals surface area contributed by atoms with E-state index in [4.69, 9.17) is 36.1 Å². The van der Waals surface area contributed by atoms with Crippen molar-refractivity contribution in [3.8, 4) is 5.75 Å². The molecule has 0 aliphatic heterocycles. The first-order chi connectivity index (χ1) is 15.7. The molecule has 2 aromatic carbocycles. The molecule has 33 heavy (non-hydrogen) atoms. The second-order valence-corrected chi connectivity index (χ2v) is 7.62. The van der Waals surface area contributed by atoms with Crippen molar-refractivity contribution < 1.29 is 34.4 Å². The fourth-order valence-electron chi connectivity index (χ4n) is 2.98. The highest BCUT2D eigenvalue weighted by atomic mass is 35.5. The molecule has 9 heteroatoms. The number of halogens is 1. The van der Waals surface area contributed by atoms with Crippen molar-refractivity contribution in [2.45, 2.75) is 45.1 Å². The molecule has 2 aromatic rings. The van der Waals surface area contributed by atoms with E-state index in [1.807, 2.05) is 42.5 Å². The molecule has 0 fully saturated rings. The number of unbranched alkanes of at least 4 members (excludes halogenated alkanes) is 3. The van der Waals surface area contributed by atoms with Gasteiger partial charge in [0.15, 0.2) is 0 Å². The Labute approximate surface area is 198 Å². The van der Waals surface area contributed by atoms with Gasteiger partial charge in [-0.3, -0.25) is 4.79 Å². The molecular weight excluding hydrogens is 450 g/mol. The standard InChI is InChI=1S/C22H28ClNO3.C2H2O4/c1-17(25)27-22-14-8-5-11-18(22)10-4-2-3-9-15-24-16-21(26)19-12-6-7-13-20(19)23;3-1(4)2(5)6/h5-8,11-14,21,24,26H,2-4,9-10,15-16H2,1H3;(H,3,4)(H,5,6). The quantitative estimate of drug-likeness (QED) is 0.165. The van der Waals surface area contributed by atoms with Crippen molar-refractivity contribution >= 4 is 29.5 Å². The summed E-state index contributed by atoms with van der Waals surface area (Å²) in [5.74, 6) is -3.27. The highest BCUT2D eigenvalue weighted by Crippen LogP contribution is 2.22. The molecule has 180 valence electrons. The van der Waals surface area contributed by atoms with Crippen LogP contribution in [0.1, 0.15) is 49.8 Å². The van der Waals surface area contributed by atoms with E-state index in [1.54, 1.807) is 6.07 Å². The van der Waals surface area contributed by atoms with Crippen LogP contribution in [0.25, 0.3) is 0 Å². The first-order valence-electron chi connectivity index (χ1n) is 10.6. The topological polar surface area (TPSA) is 133 Å². The van der Waals surface area contributed by atoms with Crippen molar-refractivity contribution in [3.63, 3.8) is 0 Å². The molecule has 0 amide bonds. The number of hydrogen-bond donors (Lipinski definition) is 4. The van der Waals surface area contributed by atoms with Crippen LogP contribution in [0.5, 0.6) is 5.75 Å². The van der Waals surface area contributed by atoms with Crippen molar-refractivity contribution in [2.24, 2.45) is 0 Å². The number of aryl methyl sites for hydroxylation is 1. The summed E-state index contributed by atoms with van der Waals surface area (Å²) in [7, 11) is 0. The number of esters is 1. The van der Waals surface area contributed by atoms with Gasteiger partial charge >= 0.3 is 17.9 Å². The Morgan fingerprint density at radius 1 is 0.939 bits per heavy atom. The van der Waals surface area contributed by atoms with Gasteiger partial charge < -0.3 is 25.4 Å². The summed E-state index contributed by atoms with van der Waals surface area (Å²) in [6, 6.07) is 15.1. The van der Waals surface area contributed by atoms with Crippen LogP contribution < -0.4 is 10.1 Å².